The molecule has 1 aliphatic heterocycles. The van der Waals surface area contributed by atoms with Crippen LogP contribution >= 0.6 is 0 Å². The predicted molar refractivity (Wildman–Crippen MR) is 133 cm³/mol. The van der Waals surface area contributed by atoms with E-state index in [2.05, 4.69) is 52.2 Å². The van der Waals surface area contributed by atoms with Crippen molar-refractivity contribution < 1.29 is 22.7 Å². The molecule has 0 spiro atoms. The molecule has 2 aliphatic rings. The Kier molecular flexibility index (Phi) is 8.41. The second-order valence-electron chi connectivity index (χ2n) is 9.12. The summed E-state index contributed by atoms with van der Waals surface area (Å²) in [6.45, 7) is 3.45. The van der Waals surface area contributed by atoms with Crippen LogP contribution in [0.5, 0.6) is 5.75 Å². The van der Waals surface area contributed by atoms with Crippen molar-refractivity contribution in [3.05, 3.63) is 29.8 Å². The van der Waals surface area contributed by atoms with Crippen molar-refractivity contribution in [2.75, 3.05) is 50.5 Å². The van der Waals surface area contributed by atoms with Crippen LogP contribution in [0.15, 0.2) is 29.3 Å². The summed E-state index contributed by atoms with van der Waals surface area (Å²) in [5.41, 5.74) is 1.17. The number of nitrogens with zero attached hydrogens (tertiary/aromatic N) is 6. The van der Waals surface area contributed by atoms with E-state index in [1.165, 1.54) is 18.2 Å². The van der Waals surface area contributed by atoms with Crippen LogP contribution in [0.2, 0.25) is 0 Å². The SMILES string of the molecule is CNc1nc(N=C2CCC(C(=O)NCc3ccccc3OC(F)(F)F)CC2)nc(N2CCN(C)CC2)n1. The van der Waals surface area contributed by atoms with Gasteiger partial charge in [0.15, 0.2) is 0 Å². The zero-order chi connectivity index (χ0) is 26.4. The molecule has 0 bridgehead atoms. The molecule has 2 N–H and O–H groups in total. The van der Waals surface area contributed by atoms with Crippen molar-refractivity contribution >= 4 is 29.5 Å². The number of nitrogens with one attached hydrogen (secondary N) is 2. The Labute approximate surface area is 213 Å². The number of alkyl halides is 3. The number of piperazine rings is 1. The van der Waals surface area contributed by atoms with Crippen molar-refractivity contribution in [2.45, 2.75) is 38.6 Å². The third kappa shape index (κ3) is 7.51. The van der Waals surface area contributed by atoms with Gasteiger partial charge in [0.1, 0.15) is 5.75 Å². The minimum Gasteiger partial charge on any atom is -0.405 e. The number of anilines is 2. The summed E-state index contributed by atoms with van der Waals surface area (Å²) >= 11 is 0. The van der Waals surface area contributed by atoms with Gasteiger partial charge in [-0.3, -0.25) is 4.79 Å². The molecule has 0 atom stereocenters. The first-order valence-electron chi connectivity index (χ1n) is 12.3. The lowest BCUT2D eigenvalue weighted by Gasteiger charge is -2.32. The average Bonchev–Trinajstić information content (AvgIpc) is 2.88. The monoisotopic (exact) mass is 520 g/mol. The highest BCUT2D eigenvalue weighted by Crippen LogP contribution is 2.28. The van der Waals surface area contributed by atoms with Crippen LogP contribution in [0, 0.1) is 5.92 Å². The van der Waals surface area contributed by atoms with Gasteiger partial charge < -0.3 is 25.2 Å². The lowest BCUT2D eigenvalue weighted by Crippen LogP contribution is -2.45. The molecule has 1 saturated heterocycles. The first-order valence-corrected chi connectivity index (χ1v) is 12.3. The summed E-state index contributed by atoms with van der Waals surface area (Å²) in [7, 11) is 3.83. The summed E-state index contributed by atoms with van der Waals surface area (Å²) in [6, 6.07) is 5.78. The normalized spacial score (nSPS) is 18.9. The fraction of sp³-hybridized carbons (Fsp3) is 0.542. The summed E-state index contributed by atoms with van der Waals surface area (Å²) in [5.74, 6) is 0.619. The van der Waals surface area contributed by atoms with E-state index in [4.69, 9.17) is 0 Å². The number of aromatic nitrogens is 3. The van der Waals surface area contributed by atoms with Crippen LogP contribution in [0.4, 0.5) is 31.0 Å². The van der Waals surface area contributed by atoms with Crippen molar-refractivity contribution in [3.63, 3.8) is 0 Å². The van der Waals surface area contributed by atoms with Gasteiger partial charge in [0.2, 0.25) is 17.8 Å². The minimum atomic E-state index is -4.79. The fourth-order valence-electron chi connectivity index (χ4n) is 4.33. The van der Waals surface area contributed by atoms with Crippen molar-refractivity contribution in [1.82, 2.24) is 25.2 Å². The highest BCUT2D eigenvalue weighted by Gasteiger charge is 2.32. The van der Waals surface area contributed by atoms with Gasteiger partial charge in [-0.1, -0.05) is 18.2 Å². The van der Waals surface area contributed by atoms with Crippen LogP contribution in [0.1, 0.15) is 31.2 Å². The van der Waals surface area contributed by atoms with Crippen molar-refractivity contribution in [2.24, 2.45) is 10.9 Å². The standard InChI is InChI=1S/C24H31F3N8O2/c1-28-21-31-22(33-23(32-21)35-13-11-34(2)12-14-35)30-18-9-7-16(8-10-18)20(36)29-15-17-5-3-4-6-19(17)37-24(25,26)27/h3-6,16H,7-15H2,1-2H3,(H,29,36)(H,28,31,32,33). The Morgan fingerprint density at radius 3 is 2.49 bits per heavy atom. The smallest absolute Gasteiger partial charge is 0.405 e. The number of likely N-dealkylation sites (N-methyl/N-ethyl adjacent to an activating group) is 1. The fourth-order valence-corrected chi connectivity index (χ4v) is 4.33. The third-order valence-corrected chi connectivity index (χ3v) is 6.46. The highest BCUT2D eigenvalue weighted by molar-refractivity contribution is 5.89. The van der Waals surface area contributed by atoms with Gasteiger partial charge in [-0.05, 0) is 38.8 Å². The number of halogens is 3. The largest absolute Gasteiger partial charge is 0.573 e. The number of hydrogen-bond donors (Lipinski definition) is 2. The molecule has 0 unspecified atom stereocenters. The maximum absolute atomic E-state index is 12.7. The van der Waals surface area contributed by atoms with Crippen molar-refractivity contribution in [3.8, 4) is 5.75 Å². The van der Waals surface area contributed by atoms with Crippen LogP contribution in [0.3, 0.4) is 0 Å². The molecule has 0 radical (unpaired) electrons. The van der Waals surface area contributed by atoms with E-state index in [9.17, 15) is 18.0 Å². The molecule has 2 fully saturated rings. The Balaban J connectivity index is 1.34. The maximum atomic E-state index is 12.7. The van der Waals surface area contributed by atoms with Gasteiger partial charge in [0, 0.05) is 57.0 Å². The number of hydrogen-bond acceptors (Lipinski definition) is 9. The lowest BCUT2D eigenvalue weighted by molar-refractivity contribution is -0.274. The van der Waals surface area contributed by atoms with Gasteiger partial charge >= 0.3 is 6.36 Å². The number of ether oxygens (including phenoxy) is 1. The highest BCUT2D eigenvalue weighted by atomic mass is 19.4. The van der Waals surface area contributed by atoms with E-state index in [1.54, 1.807) is 13.1 Å². The molecule has 1 amide bonds. The maximum Gasteiger partial charge on any atom is 0.573 e. The van der Waals surface area contributed by atoms with Gasteiger partial charge in [0.25, 0.3) is 5.95 Å². The Morgan fingerprint density at radius 2 is 1.81 bits per heavy atom. The molecule has 37 heavy (non-hydrogen) atoms. The molecule has 2 aromatic rings. The zero-order valence-electron chi connectivity index (χ0n) is 20.9. The first-order chi connectivity index (χ1) is 17.7. The first kappa shape index (κ1) is 26.6. The van der Waals surface area contributed by atoms with Crippen LogP contribution in [-0.2, 0) is 11.3 Å². The molecular weight excluding hydrogens is 489 g/mol. The van der Waals surface area contributed by atoms with Gasteiger partial charge in [0.05, 0.1) is 0 Å². The molecule has 4 rings (SSSR count). The molecule has 13 heteroatoms. The lowest BCUT2D eigenvalue weighted by atomic mass is 9.87. The molecule has 1 aliphatic carbocycles. The average molecular weight is 521 g/mol. The van der Waals surface area contributed by atoms with E-state index < -0.39 is 6.36 Å². The summed E-state index contributed by atoms with van der Waals surface area (Å²) in [5, 5.41) is 5.71. The number of carbonyl (C=O) groups excluding carboxylic acids is 1. The molecule has 10 nitrogen and oxygen atoms in total. The Hall–Kier alpha value is -3.48. The number of aliphatic imine (C=N–C) groups is 1. The Bertz CT molecular complexity index is 1110. The van der Waals surface area contributed by atoms with Gasteiger partial charge in [-0.2, -0.15) is 15.0 Å². The second kappa shape index (κ2) is 11.7. The molecular formula is C24H31F3N8O2. The predicted octanol–water partition coefficient (Wildman–Crippen LogP) is 3.14. The number of carbonyl (C=O) groups is 1. The summed E-state index contributed by atoms with van der Waals surface area (Å²) < 4.78 is 42.0. The zero-order valence-corrected chi connectivity index (χ0v) is 20.9. The summed E-state index contributed by atoms with van der Waals surface area (Å²) in [4.78, 5) is 35.1. The van der Waals surface area contributed by atoms with Gasteiger partial charge in [-0.15, -0.1) is 13.2 Å². The molecule has 1 saturated carbocycles. The van der Waals surface area contributed by atoms with Crippen LogP contribution in [0.25, 0.3) is 0 Å². The van der Waals surface area contributed by atoms with E-state index >= 15 is 0 Å². The number of para-hydroxylation sites is 1. The molecule has 200 valence electrons. The third-order valence-electron chi connectivity index (χ3n) is 6.46. The van der Waals surface area contributed by atoms with Crippen LogP contribution < -0.4 is 20.3 Å². The van der Waals surface area contributed by atoms with E-state index in [-0.39, 0.29) is 29.7 Å². The molecule has 1 aromatic heterocycles. The quantitative estimate of drug-likeness (QED) is 0.574. The number of benzene rings is 1. The number of rotatable bonds is 7. The number of amides is 1. The van der Waals surface area contributed by atoms with Crippen molar-refractivity contribution in [1.29, 1.82) is 0 Å². The molecule has 2 heterocycles. The Morgan fingerprint density at radius 1 is 1.11 bits per heavy atom. The topological polar surface area (TPSA) is 108 Å². The van der Waals surface area contributed by atoms with E-state index in [1.807, 2.05) is 0 Å². The van der Waals surface area contributed by atoms with Crippen LogP contribution in [-0.4, -0.2) is 78.1 Å². The van der Waals surface area contributed by atoms with Gasteiger partial charge in [-0.25, -0.2) is 4.99 Å². The molecule has 1 aromatic carbocycles. The minimum absolute atomic E-state index is 0.0464. The summed E-state index contributed by atoms with van der Waals surface area (Å²) in [6.07, 6.45) is -2.41. The van der Waals surface area contributed by atoms with E-state index in [0.29, 0.717) is 43.5 Å². The van der Waals surface area contributed by atoms with E-state index in [0.717, 1.165) is 31.9 Å². The second-order valence-corrected chi connectivity index (χ2v) is 9.12.